The van der Waals surface area contributed by atoms with Crippen LogP contribution in [-0.2, 0) is 17.6 Å². The molecule has 4 heteroatoms. The van der Waals surface area contributed by atoms with Crippen LogP contribution in [0.3, 0.4) is 0 Å². The molecule has 1 aromatic rings. The van der Waals surface area contributed by atoms with Crippen molar-refractivity contribution in [3.8, 4) is 0 Å². The molecule has 0 saturated heterocycles. The molecule has 1 aliphatic carbocycles. The van der Waals surface area contributed by atoms with Crippen molar-refractivity contribution in [3.05, 3.63) is 29.3 Å². The highest BCUT2D eigenvalue weighted by molar-refractivity contribution is 5.89. The second-order valence-corrected chi connectivity index (χ2v) is 4.13. The molecule has 3 nitrogen and oxygen atoms in total. The molecule has 0 saturated carbocycles. The minimum atomic E-state index is -0.0155. The summed E-state index contributed by atoms with van der Waals surface area (Å²) in [6, 6.07) is 6.30. The summed E-state index contributed by atoms with van der Waals surface area (Å²) >= 11 is 0. The van der Waals surface area contributed by atoms with Crippen molar-refractivity contribution < 1.29 is 4.79 Å². The van der Waals surface area contributed by atoms with E-state index in [1.165, 1.54) is 18.1 Å². The SMILES string of the molecule is CC(=O)Nc1cccc2c1CC[C@@H](N)C2.Cl. The van der Waals surface area contributed by atoms with Gasteiger partial charge in [0.2, 0.25) is 5.91 Å². The lowest BCUT2D eigenvalue weighted by Crippen LogP contribution is -2.28. The fourth-order valence-corrected chi connectivity index (χ4v) is 2.14. The number of hydrogen-bond acceptors (Lipinski definition) is 2. The van der Waals surface area contributed by atoms with E-state index in [0.717, 1.165) is 24.9 Å². The third-order valence-electron chi connectivity index (χ3n) is 2.83. The van der Waals surface area contributed by atoms with Gasteiger partial charge in [-0.1, -0.05) is 12.1 Å². The van der Waals surface area contributed by atoms with Gasteiger partial charge < -0.3 is 11.1 Å². The van der Waals surface area contributed by atoms with Crippen LogP contribution in [-0.4, -0.2) is 11.9 Å². The number of nitrogens with one attached hydrogen (secondary N) is 1. The Morgan fingerprint density at radius 3 is 2.94 bits per heavy atom. The number of halogens is 1. The second-order valence-electron chi connectivity index (χ2n) is 4.13. The summed E-state index contributed by atoms with van der Waals surface area (Å²) in [5.74, 6) is -0.0155. The Balaban J connectivity index is 0.00000128. The van der Waals surface area contributed by atoms with Gasteiger partial charge in [-0.05, 0) is 36.5 Å². The molecule has 1 amide bonds. The molecule has 16 heavy (non-hydrogen) atoms. The van der Waals surface area contributed by atoms with Gasteiger partial charge in [0.05, 0.1) is 0 Å². The van der Waals surface area contributed by atoms with Gasteiger partial charge in [-0.3, -0.25) is 4.79 Å². The third kappa shape index (κ3) is 2.74. The Hall–Kier alpha value is -1.06. The number of fused-ring (bicyclic) bond motifs is 1. The van der Waals surface area contributed by atoms with Gasteiger partial charge in [-0.15, -0.1) is 12.4 Å². The topological polar surface area (TPSA) is 55.1 Å². The van der Waals surface area contributed by atoms with Crippen LogP contribution in [0, 0.1) is 0 Å². The van der Waals surface area contributed by atoms with Gasteiger partial charge in [0.25, 0.3) is 0 Å². The maximum absolute atomic E-state index is 11.0. The van der Waals surface area contributed by atoms with Gasteiger partial charge in [0.15, 0.2) is 0 Å². The van der Waals surface area contributed by atoms with E-state index >= 15 is 0 Å². The van der Waals surface area contributed by atoms with E-state index in [2.05, 4.69) is 11.4 Å². The Morgan fingerprint density at radius 2 is 2.25 bits per heavy atom. The van der Waals surface area contributed by atoms with Crippen LogP contribution in [0.2, 0.25) is 0 Å². The highest BCUT2D eigenvalue weighted by Gasteiger charge is 2.17. The lowest BCUT2D eigenvalue weighted by atomic mass is 9.87. The van der Waals surface area contributed by atoms with Crippen LogP contribution in [0.5, 0.6) is 0 Å². The molecule has 0 radical (unpaired) electrons. The normalized spacial score (nSPS) is 18.2. The molecule has 1 aliphatic rings. The number of amides is 1. The molecule has 0 heterocycles. The smallest absolute Gasteiger partial charge is 0.221 e. The number of carbonyl (C=O) groups is 1. The first-order chi connectivity index (χ1) is 7.16. The molecular formula is C12H17ClN2O. The van der Waals surface area contributed by atoms with Crippen molar-refractivity contribution in [1.82, 2.24) is 0 Å². The van der Waals surface area contributed by atoms with Gasteiger partial charge in [-0.2, -0.15) is 0 Å². The molecule has 0 aliphatic heterocycles. The zero-order valence-electron chi connectivity index (χ0n) is 9.32. The summed E-state index contributed by atoms with van der Waals surface area (Å²) in [5, 5.41) is 2.87. The molecule has 88 valence electrons. The molecule has 3 N–H and O–H groups in total. The summed E-state index contributed by atoms with van der Waals surface area (Å²) < 4.78 is 0. The first-order valence-corrected chi connectivity index (χ1v) is 5.31. The minimum absolute atomic E-state index is 0. The largest absolute Gasteiger partial charge is 0.327 e. The van der Waals surface area contributed by atoms with Crippen LogP contribution in [0.1, 0.15) is 24.5 Å². The minimum Gasteiger partial charge on any atom is -0.327 e. The lowest BCUT2D eigenvalue weighted by Gasteiger charge is -2.23. The van der Waals surface area contributed by atoms with Crippen LogP contribution < -0.4 is 11.1 Å². The summed E-state index contributed by atoms with van der Waals surface area (Å²) in [5.41, 5.74) is 9.40. The molecular weight excluding hydrogens is 224 g/mol. The second kappa shape index (κ2) is 5.32. The predicted molar refractivity (Wildman–Crippen MR) is 68.0 cm³/mol. The van der Waals surface area contributed by atoms with Crippen LogP contribution in [0.15, 0.2) is 18.2 Å². The number of rotatable bonds is 1. The number of benzene rings is 1. The molecule has 0 spiro atoms. The molecule has 2 rings (SSSR count). The molecule has 1 atom stereocenters. The van der Waals surface area contributed by atoms with Gasteiger partial charge >= 0.3 is 0 Å². The summed E-state index contributed by atoms with van der Waals surface area (Å²) in [6.07, 6.45) is 2.89. The van der Waals surface area contributed by atoms with Crippen molar-refractivity contribution >= 4 is 24.0 Å². The number of anilines is 1. The molecule has 1 aromatic carbocycles. The Bertz CT molecular complexity index is 393. The fraction of sp³-hybridized carbons (Fsp3) is 0.417. The fourth-order valence-electron chi connectivity index (χ4n) is 2.14. The van der Waals surface area contributed by atoms with E-state index in [9.17, 15) is 4.79 Å². The first kappa shape index (κ1) is 13.0. The zero-order chi connectivity index (χ0) is 10.8. The third-order valence-corrected chi connectivity index (χ3v) is 2.83. The molecule has 0 unspecified atom stereocenters. The highest BCUT2D eigenvalue weighted by atomic mass is 35.5. The van der Waals surface area contributed by atoms with Gasteiger partial charge in [-0.25, -0.2) is 0 Å². The van der Waals surface area contributed by atoms with Crippen molar-refractivity contribution in [1.29, 1.82) is 0 Å². The number of nitrogens with two attached hydrogens (primary N) is 1. The first-order valence-electron chi connectivity index (χ1n) is 5.31. The maximum Gasteiger partial charge on any atom is 0.221 e. The van der Waals surface area contributed by atoms with E-state index in [-0.39, 0.29) is 24.4 Å². The van der Waals surface area contributed by atoms with E-state index < -0.39 is 0 Å². The predicted octanol–water partition coefficient (Wildman–Crippen LogP) is 1.88. The van der Waals surface area contributed by atoms with E-state index in [1.54, 1.807) is 0 Å². The van der Waals surface area contributed by atoms with Crippen LogP contribution in [0.4, 0.5) is 5.69 Å². The zero-order valence-corrected chi connectivity index (χ0v) is 10.1. The standard InChI is InChI=1S/C12H16N2O.ClH/c1-8(15)14-12-4-2-3-9-7-10(13)5-6-11(9)12;/h2-4,10H,5-7,13H2,1H3,(H,14,15);1H/t10-;/m1./s1. The van der Waals surface area contributed by atoms with E-state index in [0.29, 0.717) is 0 Å². The average molecular weight is 241 g/mol. The van der Waals surface area contributed by atoms with E-state index in [4.69, 9.17) is 5.73 Å². The molecule has 0 aromatic heterocycles. The number of hydrogen-bond donors (Lipinski definition) is 2. The van der Waals surface area contributed by atoms with Crippen molar-refractivity contribution in [2.24, 2.45) is 5.73 Å². The van der Waals surface area contributed by atoms with Gasteiger partial charge in [0, 0.05) is 18.7 Å². The summed E-state index contributed by atoms with van der Waals surface area (Å²) in [6.45, 7) is 1.54. The van der Waals surface area contributed by atoms with Crippen LogP contribution in [0.25, 0.3) is 0 Å². The molecule has 0 fully saturated rings. The van der Waals surface area contributed by atoms with E-state index in [1.807, 2.05) is 12.1 Å². The lowest BCUT2D eigenvalue weighted by molar-refractivity contribution is -0.114. The highest BCUT2D eigenvalue weighted by Crippen LogP contribution is 2.27. The van der Waals surface area contributed by atoms with Gasteiger partial charge in [0.1, 0.15) is 0 Å². The monoisotopic (exact) mass is 240 g/mol. The van der Waals surface area contributed by atoms with Crippen molar-refractivity contribution in [2.75, 3.05) is 5.32 Å². The summed E-state index contributed by atoms with van der Waals surface area (Å²) in [4.78, 5) is 11.0. The average Bonchev–Trinajstić information content (AvgIpc) is 2.16. The summed E-state index contributed by atoms with van der Waals surface area (Å²) in [7, 11) is 0. The molecule has 0 bridgehead atoms. The van der Waals surface area contributed by atoms with Crippen LogP contribution >= 0.6 is 12.4 Å². The maximum atomic E-state index is 11.0. The quantitative estimate of drug-likeness (QED) is 0.788. The van der Waals surface area contributed by atoms with Crippen molar-refractivity contribution in [3.63, 3.8) is 0 Å². The Labute approximate surface area is 102 Å². The Kier molecular flexibility index (Phi) is 4.33. The van der Waals surface area contributed by atoms with Crippen molar-refractivity contribution in [2.45, 2.75) is 32.2 Å². The number of carbonyl (C=O) groups excluding carboxylic acids is 1. The Morgan fingerprint density at radius 1 is 1.50 bits per heavy atom.